The van der Waals surface area contributed by atoms with Crippen molar-refractivity contribution in [2.75, 3.05) is 0 Å². The van der Waals surface area contributed by atoms with Crippen LogP contribution in [-0.2, 0) is 4.79 Å². The zero-order valence-electron chi connectivity index (χ0n) is 17.2. The second-order valence-electron chi connectivity index (χ2n) is 7.17. The fourth-order valence-corrected chi connectivity index (χ4v) is 3.17. The van der Waals surface area contributed by atoms with Crippen LogP contribution in [0.4, 0.5) is 0 Å². The van der Waals surface area contributed by atoms with Gasteiger partial charge in [0.2, 0.25) is 0 Å². The number of allylic oxidation sites excluding steroid dienone is 1. The van der Waals surface area contributed by atoms with Crippen LogP contribution < -0.4 is 24.0 Å². The van der Waals surface area contributed by atoms with E-state index in [0.29, 0.717) is 0 Å². The summed E-state index contributed by atoms with van der Waals surface area (Å²) in [6, 6.07) is 0. The third kappa shape index (κ3) is 26.2. The van der Waals surface area contributed by atoms with Crippen LogP contribution in [0.3, 0.4) is 0 Å². The van der Waals surface area contributed by atoms with Crippen LogP contribution >= 0.6 is 0 Å². The van der Waals surface area contributed by atoms with E-state index in [9.17, 15) is 9.90 Å². The molecule has 0 aliphatic carbocycles. The molecular weight excluding hydrogens is 303 g/mol. The minimum absolute atomic E-state index is 0. The van der Waals surface area contributed by atoms with Crippen LogP contribution in [0.1, 0.15) is 122 Å². The molecular formula is C22H41LiO2. The van der Waals surface area contributed by atoms with Gasteiger partial charge < -0.3 is 9.90 Å². The van der Waals surface area contributed by atoms with Gasteiger partial charge in [-0.05, 0) is 18.9 Å². The molecule has 0 atom stereocenters. The van der Waals surface area contributed by atoms with Crippen LogP contribution in [0.2, 0.25) is 0 Å². The molecule has 0 rings (SSSR count). The molecule has 0 aromatic heterocycles. The van der Waals surface area contributed by atoms with E-state index in [-0.39, 0.29) is 18.9 Å². The summed E-state index contributed by atoms with van der Waals surface area (Å²) in [6.45, 7) is 2.28. The fraction of sp³-hybridized carbons (Fsp3) is 0.864. The van der Waals surface area contributed by atoms with Crippen molar-refractivity contribution in [2.45, 2.75) is 122 Å². The summed E-state index contributed by atoms with van der Waals surface area (Å²) in [7, 11) is 0. The molecule has 0 aromatic rings. The maximum Gasteiger partial charge on any atom is 1.00 e. The maximum absolute atomic E-state index is 10.2. The minimum Gasteiger partial charge on any atom is -0.545 e. The van der Waals surface area contributed by atoms with Gasteiger partial charge in [0.1, 0.15) is 0 Å². The molecule has 0 radical (unpaired) electrons. The summed E-state index contributed by atoms with van der Waals surface area (Å²) in [5.41, 5.74) is 0. The van der Waals surface area contributed by atoms with Gasteiger partial charge in [0.05, 0.1) is 5.97 Å². The molecule has 0 saturated carbocycles. The third-order valence-corrected chi connectivity index (χ3v) is 4.73. The first kappa shape index (κ1) is 27.0. The number of unbranched alkanes of at least 4 members (excludes halogenated alkanes) is 17. The van der Waals surface area contributed by atoms with Gasteiger partial charge in [0.25, 0.3) is 0 Å². The Morgan fingerprint density at radius 2 is 0.960 bits per heavy atom. The fourth-order valence-electron chi connectivity index (χ4n) is 3.17. The summed E-state index contributed by atoms with van der Waals surface area (Å²) in [5, 5.41) is 10.2. The molecule has 0 aliphatic heterocycles. The Morgan fingerprint density at radius 3 is 1.28 bits per heavy atom. The molecule has 0 saturated heterocycles. The summed E-state index contributed by atoms with van der Waals surface area (Å²) in [6.07, 6.45) is 27.1. The van der Waals surface area contributed by atoms with E-state index in [1.165, 1.54) is 103 Å². The van der Waals surface area contributed by atoms with E-state index >= 15 is 0 Å². The van der Waals surface area contributed by atoms with Gasteiger partial charge in [-0.2, -0.15) is 0 Å². The molecule has 0 aliphatic rings. The van der Waals surface area contributed by atoms with Crippen molar-refractivity contribution >= 4 is 5.97 Å². The molecule has 0 N–H and O–H groups in total. The van der Waals surface area contributed by atoms with Crippen LogP contribution in [-0.4, -0.2) is 5.97 Å². The summed E-state index contributed by atoms with van der Waals surface area (Å²) in [5.74, 6) is -1.08. The zero-order valence-corrected chi connectivity index (χ0v) is 17.2. The van der Waals surface area contributed by atoms with Gasteiger partial charge in [-0.25, -0.2) is 0 Å². The van der Waals surface area contributed by atoms with Crippen molar-refractivity contribution in [3.05, 3.63) is 12.2 Å². The summed E-state index contributed by atoms with van der Waals surface area (Å²) < 4.78 is 0. The van der Waals surface area contributed by atoms with Crippen molar-refractivity contribution in [2.24, 2.45) is 0 Å². The Kier molecular flexibility index (Phi) is 25.7. The van der Waals surface area contributed by atoms with E-state index < -0.39 is 5.97 Å². The number of carboxylic acids is 1. The molecule has 0 heterocycles. The number of hydrogen-bond donors (Lipinski definition) is 0. The Hall–Kier alpha value is -0.193. The van der Waals surface area contributed by atoms with Crippen molar-refractivity contribution < 1.29 is 28.8 Å². The molecule has 3 heteroatoms. The summed E-state index contributed by atoms with van der Waals surface area (Å²) in [4.78, 5) is 10.2. The molecule has 25 heavy (non-hydrogen) atoms. The zero-order chi connectivity index (χ0) is 17.7. The molecule has 142 valence electrons. The van der Waals surface area contributed by atoms with Gasteiger partial charge >= 0.3 is 18.9 Å². The number of carbonyl (C=O) groups is 1. The van der Waals surface area contributed by atoms with E-state index in [2.05, 4.69) is 6.92 Å². The largest absolute Gasteiger partial charge is 1.00 e. The standard InChI is InChI=1S/C22H42O2.Li/c1-2-3-4-5-6-7-8-9-10-11-12-13-14-15-16-17-18-19-20-21-22(23)24;/h20-21H,2-19H2,1H3,(H,23,24);/q;+1/p-1. The Balaban J connectivity index is 0. The maximum atomic E-state index is 10.2. The van der Waals surface area contributed by atoms with Crippen LogP contribution in [0.5, 0.6) is 0 Å². The Bertz CT molecular complexity index is 290. The smallest absolute Gasteiger partial charge is 0.545 e. The number of rotatable bonds is 19. The van der Waals surface area contributed by atoms with E-state index in [4.69, 9.17) is 0 Å². The second-order valence-corrected chi connectivity index (χ2v) is 7.17. The first-order valence-corrected chi connectivity index (χ1v) is 10.6. The van der Waals surface area contributed by atoms with Gasteiger partial charge in [0, 0.05) is 0 Å². The van der Waals surface area contributed by atoms with Crippen LogP contribution in [0, 0.1) is 0 Å². The van der Waals surface area contributed by atoms with Crippen molar-refractivity contribution in [1.82, 2.24) is 0 Å². The van der Waals surface area contributed by atoms with Crippen molar-refractivity contribution in [3.8, 4) is 0 Å². The number of hydrogen-bond acceptors (Lipinski definition) is 2. The molecule has 2 nitrogen and oxygen atoms in total. The van der Waals surface area contributed by atoms with Crippen molar-refractivity contribution in [1.29, 1.82) is 0 Å². The number of carboxylic acid groups (broad SMARTS) is 1. The van der Waals surface area contributed by atoms with E-state index in [1.54, 1.807) is 6.08 Å². The molecule has 0 fully saturated rings. The van der Waals surface area contributed by atoms with Gasteiger partial charge in [-0.15, -0.1) is 0 Å². The molecule has 0 bridgehead atoms. The van der Waals surface area contributed by atoms with Gasteiger partial charge in [0.15, 0.2) is 0 Å². The average Bonchev–Trinajstić information content (AvgIpc) is 2.56. The Morgan fingerprint density at radius 1 is 0.640 bits per heavy atom. The summed E-state index contributed by atoms with van der Waals surface area (Å²) >= 11 is 0. The first-order chi connectivity index (χ1) is 11.8. The molecule has 0 unspecified atom stereocenters. The number of carbonyl (C=O) groups excluding carboxylic acids is 1. The van der Waals surface area contributed by atoms with Crippen LogP contribution in [0.25, 0.3) is 0 Å². The molecule has 0 spiro atoms. The third-order valence-electron chi connectivity index (χ3n) is 4.73. The average molecular weight is 345 g/mol. The topological polar surface area (TPSA) is 40.1 Å². The second kappa shape index (κ2) is 23.8. The van der Waals surface area contributed by atoms with Crippen LogP contribution in [0.15, 0.2) is 12.2 Å². The monoisotopic (exact) mass is 344 g/mol. The van der Waals surface area contributed by atoms with Gasteiger partial charge in [-0.1, -0.05) is 116 Å². The molecule has 0 aromatic carbocycles. The quantitative estimate of drug-likeness (QED) is 0.205. The minimum atomic E-state index is -1.08. The first-order valence-electron chi connectivity index (χ1n) is 10.6. The van der Waals surface area contributed by atoms with Crippen molar-refractivity contribution in [3.63, 3.8) is 0 Å². The number of aliphatic carboxylic acids is 1. The normalized spacial score (nSPS) is 10.9. The predicted octanol–water partition coefficient (Wildman–Crippen LogP) is 3.34. The molecule has 0 amide bonds. The van der Waals surface area contributed by atoms with E-state index in [1.807, 2.05) is 0 Å². The van der Waals surface area contributed by atoms with Gasteiger partial charge in [-0.3, -0.25) is 0 Å². The predicted molar refractivity (Wildman–Crippen MR) is 103 cm³/mol. The van der Waals surface area contributed by atoms with E-state index in [0.717, 1.165) is 18.9 Å². The Labute approximate surface area is 169 Å². The SMILES string of the molecule is CCCCCCCCCCCCCCCCCCCC=CC(=O)[O-].[Li+].